The van der Waals surface area contributed by atoms with Gasteiger partial charge in [-0.1, -0.05) is 0 Å². The lowest BCUT2D eigenvalue weighted by atomic mass is 9.57. The number of primary amides is 1. The molecule has 3 aliphatic rings. The molecule has 0 saturated heterocycles. The van der Waals surface area contributed by atoms with Gasteiger partial charge >= 0.3 is 0 Å². The summed E-state index contributed by atoms with van der Waals surface area (Å²) in [5.74, 6) is -7.30. The topological polar surface area (TPSA) is 199 Å². The first kappa shape index (κ1) is 29.5. The summed E-state index contributed by atoms with van der Waals surface area (Å²) in [4.78, 5) is 61.6. The molecule has 1 aromatic rings. The Balaban J connectivity index is 0.000000631. The van der Waals surface area contributed by atoms with Gasteiger partial charge in [-0.3, -0.25) is 28.9 Å². The van der Waals surface area contributed by atoms with Gasteiger partial charge < -0.3 is 31.1 Å². The van der Waals surface area contributed by atoms with Crippen LogP contribution in [0.4, 0.5) is 5.69 Å². The summed E-state index contributed by atoms with van der Waals surface area (Å²) in [6, 6.07) is 2.01. The van der Waals surface area contributed by atoms with Crippen LogP contribution in [0.1, 0.15) is 31.4 Å². The first-order valence-electron chi connectivity index (χ1n) is 12.2. The number of nitrogens with zero attached hydrogens (tertiary/aromatic N) is 2. The van der Waals surface area contributed by atoms with Crippen LogP contribution in [0.15, 0.2) is 29.0 Å². The molecule has 12 nitrogen and oxygen atoms in total. The van der Waals surface area contributed by atoms with Crippen molar-refractivity contribution in [3.63, 3.8) is 0 Å². The minimum Gasteiger partial charge on any atom is -0.508 e. The zero-order chi connectivity index (χ0) is 29.7. The molecule has 4 atom stereocenters. The molecule has 39 heavy (non-hydrogen) atoms. The zero-order valence-electron chi connectivity index (χ0n) is 22.6. The summed E-state index contributed by atoms with van der Waals surface area (Å²) in [6.07, 6.45) is 0.324. The maximum absolute atomic E-state index is 13.7. The molecule has 1 saturated carbocycles. The lowest BCUT2D eigenvalue weighted by molar-refractivity contribution is -0.153. The Hall–Kier alpha value is -4.03. The molecule has 0 radical (unpaired) electrons. The molecular formula is C27H33N3O9. The van der Waals surface area contributed by atoms with Crippen molar-refractivity contribution in [1.82, 2.24) is 4.90 Å². The number of aliphatic hydroxyl groups excluding tert-OH is 2. The summed E-state index contributed by atoms with van der Waals surface area (Å²) >= 11 is 0. The van der Waals surface area contributed by atoms with Gasteiger partial charge in [-0.25, -0.2) is 0 Å². The summed E-state index contributed by atoms with van der Waals surface area (Å²) in [6.45, 7) is 2.50. The van der Waals surface area contributed by atoms with Crippen molar-refractivity contribution in [3.05, 3.63) is 40.2 Å². The second kappa shape index (κ2) is 10.3. The van der Waals surface area contributed by atoms with Gasteiger partial charge in [0, 0.05) is 45.1 Å². The number of anilines is 1. The number of amides is 1. The molecule has 3 aliphatic carbocycles. The number of phenolic OH excluding ortho intramolecular Hbond substituents is 1. The molecule has 0 aromatic heterocycles. The summed E-state index contributed by atoms with van der Waals surface area (Å²) in [5, 5.41) is 43.9. The van der Waals surface area contributed by atoms with E-state index in [0.29, 0.717) is 5.56 Å². The molecule has 1 fully saturated rings. The van der Waals surface area contributed by atoms with Crippen molar-refractivity contribution in [1.29, 1.82) is 0 Å². The van der Waals surface area contributed by atoms with Crippen LogP contribution in [0.5, 0.6) is 5.75 Å². The third kappa shape index (κ3) is 4.59. The fourth-order valence-corrected chi connectivity index (χ4v) is 5.65. The van der Waals surface area contributed by atoms with E-state index in [1.54, 1.807) is 20.2 Å². The summed E-state index contributed by atoms with van der Waals surface area (Å²) in [5.41, 5.74) is 3.15. The van der Waals surface area contributed by atoms with Gasteiger partial charge in [0.15, 0.2) is 23.0 Å². The van der Waals surface area contributed by atoms with Crippen LogP contribution < -0.4 is 10.6 Å². The van der Waals surface area contributed by atoms with E-state index < -0.39 is 58.0 Å². The molecule has 1 amide bonds. The number of fused-ring (bicyclic) bond motifs is 3. The normalized spacial score (nSPS) is 25.8. The average Bonchev–Trinajstić information content (AvgIpc) is 2.81. The van der Waals surface area contributed by atoms with E-state index in [1.807, 2.05) is 19.0 Å². The third-order valence-electron chi connectivity index (χ3n) is 7.56. The largest absolute Gasteiger partial charge is 0.508 e. The Morgan fingerprint density at radius 3 is 2.03 bits per heavy atom. The van der Waals surface area contributed by atoms with Crippen molar-refractivity contribution < 1.29 is 44.4 Å². The Morgan fingerprint density at radius 2 is 1.56 bits per heavy atom. The van der Waals surface area contributed by atoms with Crippen molar-refractivity contribution in [2.45, 2.75) is 38.3 Å². The number of hydrogen-bond acceptors (Lipinski definition) is 11. The van der Waals surface area contributed by atoms with E-state index >= 15 is 0 Å². The number of aromatic hydroxyl groups is 1. The standard InChI is InChI=1S/C23H27N3O7.C4H6O2/c1-25(2)12-5-6-13(27)15-10(12)7-9-8-11-17(26(3)4)19(29)16(22(24)32)21(31)23(11,33)20(30)14(9)18(15)28;1-3(5)4(2)6/h5-6,9,11,17,27-28,31,33H,7-8H2,1-4H3,(H2,24,32);1-2H3/t9-,11-,17-,23-;/m0./s1. The monoisotopic (exact) mass is 543 g/mol. The molecule has 6 N–H and O–H groups in total. The van der Waals surface area contributed by atoms with Gasteiger partial charge in [0.05, 0.1) is 11.6 Å². The molecule has 4 rings (SSSR count). The first-order chi connectivity index (χ1) is 18.0. The van der Waals surface area contributed by atoms with E-state index in [2.05, 4.69) is 0 Å². The number of rotatable bonds is 4. The third-order valence-corrected chi connectivity index (χ3v) is 7.56. The van der Waals surface area contributed by atoms with Crippen LogP contribution in [0.2, 0.25) is 0 Å². The predicted molar refractivity (Wildman–Crippen MR) is 140 cm³/mol. The highest BCUT2D eigenvalue weighted by Crippen LogP contribution is 2.53. The molecule has 0 heterocycles. The fraction of sp³-hybridized carbons (Fsp3) is 0.444. The maximum atomic E-state index is 13.7. The number of hydrogen-bond donors (Lipinski definition) is 5. The SMILES string of the molecule is CC(=O)C(C)=O.CN(C)c1ccc(O)c2c1C[C@H]1C[C@H]3[C@H](N(C)C)C(=O)C(C(N)=O)=C(O)[C@@]3(O)C(=O)C1=C2O. The van der Waals surface area contributed by atoms with Gasteiger partial charge in [-0.05, 0) is 50.6 Å². The molecule has 12 heteroatoms. The van der Waals surface area contributed by atoms with Gasteiger partial charge in [-0.15, -0.1) is 0 Å². The number of Topliss-reactive ketones (excluding diaryl/α,β-unsaturated/α-hetero) is 4. The first-order valence-corrected chi connectivity index (χ1v) is 12.2. The van der Waals surface area contributed by atoms with E-state index in [0.717, 1.165) is 5.69 Å². The zero-order valence-corrected chi connectivity index (χ0v) is 22.6. The number of carbonyl (C=O) groups excluding carboxylic acids is 5. The van der Waals surface area contributed by atoms with Crippen LogP contribution >= 0.6 is 0 Å². The summed E-state index contributed by atoms with van der Waals surface area (Å²) in [7, 11) is 6.75. The van der Waals surface area contributed by atoms with E-state index in [4.69, 9.17) is 5.73 Å². The Labute approximate surface area is 225 Å². The number of phenols is 1. The van der Waals surface area contributed by atoms with Gasteiger partial charge in [-0.2, -0.15) is 0 Å². The average molecular weight is 544 g/mol. The van der Waals surface area contributed by atoms with Crippen molar-refractivity contribution in [2.75, 3.05) is 33.1 Å². The van der Waals surface area contributed by atoms with Crippen LogP contribution in [-0.2, 0) is 30.4 Å². The van der Waals surface area contributed by atoms with Gasteiger partial charge in [0.25, 0.3) is 5.91 Å². The predicted octanol–water partition coefficient (Wildman–Crippen LogP) is 0.194. The van der Waals surface area contributed by atoms with Crippen molar-refractivity contribution >= 4 is 40.5 Å². The number of aliphatic hydroxyl groups is 3. The number of benzene rings is 1. The van der Waals surface area contributed by atoms with E-state index in [1.165, 1.54) is 24.8 Å². The molecule has 0 aliphatic heterocycles. The highest BCUT2D eigenvalue weighted by atomic mass is 16.3. The fourth-order valence-electron chi connectivity index (χ4n) is 5.65. The van der Waals surface area contributed by atoms with Crippen LogP contribution in [0, 0.1) is 11.8 Å². The maximum Gasteiger partial charge on any atom is 0.255 e. The minimum atomic E-state index is -2.63. The molecular weight excluding hydrogens is 510 g/mol. The molecule has 0 bridgehead atoms. The lowest BCUT2D eigenvalue weighted by Crippen LogP contribution is -2.65. The van der Waals surface area contributed by atoms with Gasteiger partial charge in [0.1, 0.15) is 22.8 Å². The molecule has 0 spiro atoms. The summed E-state index contributed by atoms with van der Waals surface area (Å²) < 4.78 is 0. The number of likely N-dealkylation sites (N-methyl/N-ethyl adjacent to an activating group) is 1. The smallest absolute Gasteiger partial charge is 0.255 e. The number of nitrogens with two attached hydrogens (primary N) is 1. The number of carbonyl (C=O) groups is 5. The highest BCUT2D eigenvalue weighted by molar-refractivity contribution is 6.35. The van der Waals surface area contributed by atoms with Crippen molar-refractivity contribution in [2.24, 2.45) is 17.6 Å². The number of ketones is 4. The Kier molecular flexibility index (Phi) is 7.77. The van der Waals surface area contributed by atoms with Crippen LogP contribution in [-0.4, -0.2) is 94.2 Å². The molecule has 0 unspecified atom stereocenters. The van der Waals surface area contributed by atoms with Gasteiger partial charge in [0.2, 0.25) is 5.78 Å². The minimum absolute atomic E-state index is 0.0638. The second-order valence-corrected chi connectivity index (χ2v) is 10.4. The van der Waals surface area contributed by atoms with Crippen molar-refractivity contribution in [3.8, 4) is 5.75 Å². The van der Waals surface area contributed by atoms with E-state index in [9.17, 15) is 44.4 Å². The van der Waals surface area contributed by atoms with E-state index in [-0.39, 0.29) is 41.3 Å². The highest BCUT2D eigenvalue weighted by Gasteiger charge is 2.64. The molecule has 1 aromatic carbocycles. The Bertz CT molecular complexity index is 1350. The van der Waals surface area contributed by atoms with Crippen LogP contribution in [0.25, 0.3) is 5.76 Å². The lowest BCUT2D eigenvalue weighted by Gasteiger charge is -2.50. The van der Waals surface area contributed by atoms with Crippen LogP contribution in [0.3, 0.4) is 0 Å². The molecule has 210 valence electrons. The quantitative estimate of drug-likeness (QED) is 0.257. The second-order valence-electron chi connectivity index (χ2n) is 10.4. The Morgan fingerprint density at radius 1 is 1.00 bits per heavy atom.